The number of aromatic nitrogens is 2. The van der Waals surface area contributed by atoms with Crippen LogP contribution in [0.1, 0.15) is 0 Å². The molecule has 2 heterocycles. The third-order valence-electron chi connectivity index (χ3n) is 3.80. The average molecular weight is 304 g/mol. The number of hydrogen-bond acceptors (Lipinski definition) is 3. The lowest BCUT2D eigenvalue weighted by molar-refractivity contribution is 0.460. The Labute approximate surface area is 128 Å². The van der Waals surface area contributed by atoms with E-state index in [2.05, 4.69) is 25.4 Å². The third-order valence-corrected chi connectivity index (χ3v) is 4.11. The molecule has 0 aliphatic rings. The second-order valence-corrected chi connectivity index (χ2v) is 5.67. The summed E-state index contributed by atoms with van der Waals surface area (Å²) >= 11 is 0. The second kappa shape index (κ2) is 4.57. The van der Waals surface area contributed by atoms with Gasteiger partial charge in [-0.25, -0.2) is 0 Å². The molecule has 3 radical (unpaired) electrons. The SMILES string of the molecule is O=Nc1c(-c2c(O)[nH]c3cc([Si])ccc23)[nH]c2ccccc12. The number of para-hydroxylation sites is 1. The Morgan fingerprint density at radius 1 is 1.00 bits per heavy atom. The van der Waals surface area contributed by atoms with Crippen LogP contribution in [0.4, 0.5) is 5.69 Å². The van der Waals surface area contributed by atoms with Crippen LogP contribution in [-0.2, 0) is 0 Å². The smallest absolute Gasteiger partial charge is 0.199 e. The predicted molar refractivity (Wildman–Crippen MR) is 88.1 cm³/mol. The fourth-order valence-electron chi connectivity index (χ4n) is 2.84. The summed E-state index contributed by atoms with van der Waals surface area (Å²) in [5.74, 6) is 0.00345. The van der Waals surface area contributed by atoms with Gasteiger partial charge in [0.1, 0.15) is 5.69 Å². The summed E-state index contributed by atoms with van der Waals surface area (Å²) in [4.78, 5) is 17.4. The molecule has 2 aromatic carbocycles. The van der Waals surface area contributed by atoms with E-state index in [1.165, 1.54) is 0 Å². The Kier molecular flexibility index (Phi) is 2.67. The number of nitrogens with zero attached hydrogens (tertiary/aromatic N) is 1. The van der Waals surface area contributed by atoms with Gasteiger partial charge in [-0.05, 0) is 17.3 Å². The number of nitrogens with one attached hydrogen (secondary N) is 2. The van der Waals surface area contributed by atoms with Crippen LogP contribution in [0.15, 0.2) is 47.6 Å². The molecule has 105 valence electrons. The molecule has 0 aliphatic heterocycles. The van der Waals surface area contributed by atoms with E-state index in [4.69, 9.17) is 0 Å². The van der Waals surface area contributed by atoms with E-state index < -0.39 is 0 Å². The molecular weight excluding hydrogens is 294 g/mol. The molecular formula is C16H10N3O2Si. The molecule has 3 N–H and O–H groups in total. The van der Waals surface area contributed by atoms with Crippen LogP contribution >= 0.6 is 0 Å². The molecule has 6 heteroatoms. The maximum Gasteiger partial charge on any atom is 0.199 e. The Morgan fingerprint density at radius 2 is 1.82 bits per heavy atom. The number of rotatable bonds is 2. The van der Waals surface area contributed by atoms with Gasteiger partial charge >= 0.3 is 0 Å². The van der Waals surface area contributed by atoms with E-state index in [-0.39, 0.29) is 5.88 Å². The Hall–Kier alpha value is -2.86. The van der Waals surface area contributed by atoms with Gasteiger partial charge in [-0.2, -0.15) is 0 Å². The Balaban J connectivity index is 2.11. The molecule has 0 unspecified atom stereocenters. The number of H-pyrrole nitrogens is 2. The van der Waals surface area contributed by atoms with E-state index in [1.54, 1.807) is 0 Å². The highest BCUT2D eigenvalue weighted by atomic mass is 28.1. The van der Waals surface area contributed by atoms with E-state index >= 15 is 0 Å². The van der Waals surface area contributed by atoms with E-state index in [1.807, 2.05) is 42.5 Å². The van der Waals surface area contributed by atoms with Gasteiger partial charge in [0.2, 0.25) is 0 Å². The number of benzene rings is 2. The lowest BCUT2D eigenvalue weighted by Gasteiger charge is -1.99. The van der Waals surface area contributed by atoms with Crippen LogP contribution in [-0.4, -0.2) is 25.3 Å². The fraction of sp³-hybridized carbons (Fsp3) is 0. The molecule has 0 aliphatic carbocycles. The summed E-state index contributed by atoms with van der Waals surface area (Å²) < 4.78 is 0. The molecule has 0 saturated carbocycles. The summed E-state index contributed by atoms with van der Waals surface area (Å²) in [6, 6.07) is 13.1. The first-order valence-corrected chi connectivity index (χ1v) is 7.20. The summed E-state index contributed by atoms with van der Waals surface area (Å²) in [5.41, 5.74) is 2.94. The van der Waals surface area contributed by atoms with Gasteiger partial charge in [-0.3, -0.25) is 0 Å². The summed E-state index contributed by atoms with van der Waals surface area (Å²) in [6.07, 6.45) is 0. The minimum Gasteiger partial charge on any atom is -0.494 e. The van der Waals surface area contributed by atoms with Gasteiger partial charge in [0.25, 0.3) is 0 Å². The van der Waals surface area contributed by atoms with Crippen LogP contribution in [0, 0.1) is 4.91 Å². The van der Waals surface area contributed by atoms with Crippen molar-refractivity contribution in [2.75, 3.05) is 0 Å². The first-order chi connectivity index (χ1) is 10.7. The van der Waals surface area contributed by atoms with E-state index in [0.717, 1.165) is 27.0 Å². The van der Waals surface area contributed by atoms with Crippen LogP contribution in [0.3, 0.4) is 0 Å². The molecule has 0 amide bonds. The van der Waals surface area contributed by atoms with Crippen molar-refractivity contribution in [1.29, 1.82) is 0 Å². The van der Waals surface area contributed by atoms with E-state index in [9.17, 15) is 10.0 Å². The lowest BCUT2D eigenvalue weighted by Crippen LogP contribution is -1.99. The Bertz CT molecular complexity index is 1030. The van der Waals surface area contributed by atoms with Crippen molar-refractivity contribution in [3.8, 4) is 17.1 Å². The quantitative estimate of drug-likeness (QED) is 0.392. The third kappa shape index (κ3) is 1.71. The molecule has 2 aromatic heterocycles. The number of fused-ring (bicyclic) bond motifs is 2. The van der Waals surface area contributed by atoms with Crippen molar-refractivity contribution in [1.82, 2.24) is 9.97 Å². The number of aromatic hydroxyl groups is 1. The molecule has 5 nitrogen and oxygen atoms in total. The molecule has 0 spiro atoms. The highest BCUT2D eigenvalue weighted by molar-refractivity contribution is 6.33. The second-order valence-electron chi connectivity index (χ2n) is 5.09. The minimum absolute atomic E-state index is 0.00345. The molecule has 4 rings (SSSR count). The van der Waals surface area contributed by atoms with Gasteiger partial charge in [0, 0.05) is 21.8 Å². The molecule has 0 fully saturated rings. The van der Waals surface area contributed by atoms with Crippen molar-refractivity contribution in [2.45, 2.75) is 0 Å². The van der Waals surface area contributed by atoms with Gasteiger partial charge in [-0.15, -0.1) is 4.91 Å². The summed E-state index contributed by atoms with van der Waals surface area (Å²) in [6.45, 7) is 0. The fourth-order valence-corrected chi connectivity index (χ4v) is 3.07. The maximum atomic E-state index is 11.3. The monoisotopic (exact) mass is 304 g/mol. The highest BCUT2D eigenvalue weighted by Crippen LogP contribution is 2.43. The maximum absolute atomic E-state index is 11.3. The van der Waals surface area contributed by atoms with Crippen molar-refractivity contribution >= 4 is 42.9 Å². The molecule has 4 aromatic rings. The van der Waals surface area contributed by atoms with Crippen LogP contribution in [0.2, 0.25) is 0 Å². The first-order valence-electron chi connectivity index (χ1n) is 6.70. The first kappa shape index (κ1) is 12.8. The largest absolute Gasteiger partial charge is 0.494 e. The van der Waals surface area contributed by atoms with Gasteiger partial charge < -0.3 is 15.1 Å². The van der Waals surface area contributed by atoms with Crippen molar-refractivity contribution in [3.05, 3.63) is 47.4 Å². The number of aromatic amines is 2. The van der Waals surface area contributed by atoms with Crippen molar-refractivity contribution < 1.29 is 5.11 Å². The number of nitroso groups, excluding NO2 is 1. The van der Waals surface area contributed by atoms with Gasteiger partial charge in [0.15, 0.2) is 5.88 Å². The topological polar surface area (TPSA) is 81.2 Å². The normalized spacial score (nSPS) is 11.3. The molecule has 22 heavy (non-hydrogen) atoms. The average Bonchev–Trinajstić information content (AvgIpc) is 3.02. The number of hydrogen-bond donors (Lipinski definition) is 3. The minimum atomic E-state index is 0.00345. The Morgan fingerprint density at radius 3 is 2.64 bits per heavy atom. The van der Waals surface area contributed by atoms with Gasteiger partial charge in [0.05, 0.1) is 21.5 Å². The van der Waals surface area contributed by atoms with Crippen molar-refractivity contribution in [2.24, 2.45) is 5.18 Å². The molecule has 0 bridgehead atoms. The lowest BCUT2D eigenvalue weighted by atomic mass is 10.1. The van der Waals surface area contributed by atoms with Crippen molar-refractivity contribution in [3.63, 3.8) is 0 Å². The molecule has 0 saturated heterocycles. The zero-order valence-electron chi connectivity index (χ0n) is 11.3. The summed E-state index contributed by atoms with van der Waals surface area (Å²) in [7, 11) is 3.45. The van der Waals surface area contributed by atoms with E-state index in [0.29, 0.717) is 16.9 Å². The van der Waals surface area contributed by atoms with Crippen LogP contribution in [0.25, 0.3) is 33.1 Å². The van der Waals surface area contributed by atoms with Gasteiger partial charge in [-0.1, -0.05) is 35.5 Å². The molecule has 0 atom stereocenters. The zero-order valence-corrected chi connectivity index (χ0v) is 12.3. The summed E-state index contributed by atoms with van der Waals surface area (Å²) in [5, 5.41) is 15.9. The predicted octanol–water partition coefficient (Wildman–Crippen LogP) is 3.21. The zero-order chi connectivity index (χ0) is 15.3. The van der Waals surface area contributed by atoms with Crippen LogP contribution in [0.5, 0.6) is 5.88 Å². The standard InChI is InChI=1S/C16H10N3O2Si/c20-16-13(9-6-5-8(22)7-12(9)18-16)15-14(19-21)10-3-1-2-4-11(10)17-15/h1-7,17-18,20H. The highest BCUT2D eigenvalue weighted by Gasteiger charge is 2.20. The van der Waals surface area contributed by atoms with Crippen LogP contribution < -0.4 is 5.19 Å².